The minimum absolute atomic E-state index is 0.742. The van der Waals surface area contributed by atoms with E-state index in [0.717, 1.165) is 24.8 Å². The fourth-order valence-corrected chi connectivity index (χ4v) is 2.86. The molecule has 14 heavy (non-hydrogen) atoms. The average Bonchev–Trinajstić information content (AvgIpc) is 2.72. The lowest BCUT2D eigenvalue weighted by molar-refractivity contribution is 0.456. The molecule has 0 bridgehead atoms. The summed E-state index contributed by atoms with van der Waals surface area (Å²) in [7, 11) is 0. The summed E-state index contributed by atoms with van der Waals surface area (Å²) in [5, 5.41) is 3.59. The second-order valence-electron chi connectivity index (χ2n) is 3.67. The monoisotopic (exact) mass is 211 g/mol. The van der Waals surface area contributed by atoms with Gasteiger partial charge in [-0.25, -0.2) is 0 Å². The molecule has 1 aliphatic heterocycles. The van der Waals surface area contributed by atoms with Crippen molar-refractivity contribution in [3.8, 4) is 0 Å². The lowest BCUT2D eigenvalue weighted by atomic mass is 10.1. The largest absolute Gasteiger partial charge is 0.469 e. The van der Waals surface area contributed by atoms with Crippen LogP contribution in [-0.4, -0.2) is 24.1 Å². The molecule has 0 amide bonds. The third-order valence-corrected chi connectivity index (χ3v) is 3.65. The zero-order valence-corrected chi connectivity index (χ0v) is 9.19. The zero-order chi connectivity index (χ0) is 9.64. The molecule has 1 N–H and O–H groups in total. The van der Waals surface area contributed by atoms with Crippen LogP contribution >= 0.6 is 11.8 Å². The minimum Gasteiger partial charge on any atom is -0.469 e. The highest BCUT2D eigenvalue weighted by atomic mass is 32.2. The van der Waals surface area contributed by atoms with Crippen molar-refractivity contribution in [2.24, 2.45) is 0 Å². The molecule has 2 nitrogen and oxygen atoms in total. The standard InChI is InChI=1S/C11H17NOS/c1-2-11(13-7-1)3-6-12-10-4-8-14-9-5-10/h1-2,7,10,12H,3-6,8-9H2. The van der Waals surface area contributed by atoms with Gasteiger partial charge >= 0.3 is 0 Å². The third kappa shape index (κ3) is 3.07. The molecule has 1 aromatic rings. The van der Waals surface area contributed by atoms with E-state index in [1.807, 2.05) is 12.1 Å². The maximum absolute atomic E-state index is 5.28. The van der Waals surface area contributed by atoms with E-state index in [1.165, 1.54) is 24.3 Å². The van der Waals surface area contributed by atoms with Crippen molar-refractivity contribution in [2.75, 3.05) is 18.1 Å². The zero-order valence-electron chi connectivity index (χ0n) is 8.37. The van der Waals surface area contributed by atoms with Crippen LogP contribution in [0.3, 0.4) is 0 Å². The summed E-state index contributed by atoms with van der Waals surface area (Å²) in [6.07, 6.45) is 5.40. The Morgan fingerprint density at radius 1 is 1.43 bits per heavy atom. The smallest absolute Gasteiger partial charge is 0.105 e. The summed E-state index contributed by atoms with van der Waals surface area (Å²) in [5.41, 5.74) is 0. The highest BCUT2D eigenvalue weighted by Gasteiger charge is 2.12. The first kappa shape index (κ1) is 10.1. The molecule has 2 rings (SSSR count). The molecule has 2 heterocycles. The van der Waals surface area contributed by atoms with E-state index in [1.54, 1.807) is 6.26 Å². The fraction of sp³-hybridized carbons (Fsp3) is 0.636. The molecule has 1 aliphatic rings. The van der Waals surface area contributed by atoms with Crippen molar-refractivity contribution in [1.82, 2.24) is 5.32 Å². The second-order valence-corrected chi connectivity index (χ2v) is 4.89. The first-order valence-corrected chi connectivity index (χ1v) is 6.44. The van der Waals surface area contributed by atoms with Crippen molar-refractivity contribution in [3.63, 3.8) is 0 Å². The summed E-state index contributed by atoms with van der Waals surface area (Å²) in [5.74, 6) is 3.72. The highest BCUT2D eigenvalue weighted by Crippen LogP contribution is 2.16. The molecule has 0 unspecified atom stereocenters. The molecule has 1 fully saturated rings. The number of furan rings is 1. The van der Waals surface area contributed by atoms with Crippen LogP contribution in [0.2, 0.25) is 0 Å². The van der Waals surface area contributed by atoms with Gasteiger partial charge in [0.15, 0.2) is 0 Å². The van der Waals surface area contributed by atoms with Gasteiger partial charge in [0.05, 0.1) is 6.26 Å². The summed E-state index contributed by atoms with van der Waals surface area (Å²) >= 11 is 2.07. The molecule has 0 aromatic carbocycles. The summed E-state index contributed by atoms with van der Waals surface area (Å²) in [4.78, 5) is 0. The van der Waals surface area contributed by atoms with Crippen LogP contribution in [-0.2, 0) is 6.42 Å². The Morgan fingerprint density at radius 2 is 2.29 bits per heavy atom. The van der Waals surface area contributed by atoms with Gasteiger partial charge in [0.1, 0.15) is 5.76 Å². The number of hydrogen-bond acceptors (Lipinski definition) is 3. The van der Waals surface area contributed by atoms with Crippen molar-refractivity contribution in [3.05, 3.63) is 24.2 Å². The van der Waals surface area contributed by atoms with Crippen LogP contribution < -0.4 is 5.32 Å². The molecule has 3 heteroatoms. The highest BCUT2D eigenvalue weighted by molar-refractivity contribution is 7.99. The Balaban J connectivity index is 1.62. The topological polar surface area (TPSA) is 25.2 Å². The number of hydrogen-bond donors (Lipinski definition) is 1. The summed E-state index contributed by atoms with van der Waals surface area (Å²) in [6.45, 7) is 1.04. The van der Waals surface area contributed by atoms with Gasteiger partial charge < -0.3 is 9.73 Å². The molecule has 0 radical (unpaired) electrons. The maximum Gasteiger partial charge on any atom is 0.105 e. The Bertz CT molecular complexity index is 242. The minimum atomic E-state index is 0.742. The van der Waals surface area contributed by atoms with Crippen LogP contribution in [0.5, 0.6) is 0 Å². The van der Waals surface area contributed by atoms with Gasteiger partial charge in [0.25, 0.3) is 0 Å². The maximum atomic E-state index is 5.28. The van der Waals surface area contributed by atoms with Crippen LogP contribution in [0, 0.1) is 0 Å². The normalized spacial score (nSPS) is 18.6. The van der Waals surface area contributed by atoms with E-state index >= 15 is 0 Å². The van der Waals surface area contributed by atoms with Gasteiger partial charge in [0.2, 0.25) is 0 Å². The average molecular weight is 211 g/mol. The molecule has 0 atom stereocenters. The Morgan fingerprint density at radius 3 is 3.00 bits per heavy atom. The van der Waals surface area contributed by atoms with E-state index in [9.17, 15) is 0 Å². The molecular formula is C11H17NOS. The lowest BCUT2D eigenvalue weighted by Gasteiger charge is -2.22. The molecule has 1 aromatic heterocycles. The van der Waals surface area contributed by atoms with E-state index in [-0.39, 0.29) is 0 Å². The summed E-state index contributed by atoms with van der Waals surface area (Å²) < 4.78 is 5.28. The second kappa shape index (κ2) is 5.47. The van der Waals surface area contributed by atoms with Gasteiger partial charge in [-0.05, 0) is 36.5 Å². The number of nitrogens with one attached hydrogen (secondary N) is 1. The van der Waals surface area contributed by atoms with Gasteiger partial charge in [-0.1, -0.05) is 0 Å². The molecule has 0 spiro atoms. The molecule has 1 saturated heterocycles. The fourth-order valence-electron chi connectivity index (χ4n) is 1.76. The van der Waals surface area contributed by atoms with Crippen molar-refractivity contribution in [1.29, 1.82) is 0 Å². The number of thioether (sulfide) groups is 1. The van der Waals surface area contributed by atoms with Crippen molar-refractivity contribution in [2.45, 2.75) is 25.3 Å². The first-order chi connectivity index (χ1) is 6.95. The van der Waals surface area contributed by atoms with Gasteiger partial charge in [-0.3, -0.25) is 0 Å². The predicted molar refractivity (Wildman–Crippen MR) is 60.8 cm³/mol. The molecule has 0 aliphatic carbocycles. The lowest BCUT2D eigenvalue weighted by Crippen LogP contribution is -2.33. The van der Waals surface area contributed by atoms with Crippen LogP contribution in [0.15, 0.2) is 22.8 Å². The van der Waals surface area contributed by atoms with Crippen LogP contribution in [0.25, 0.3) is 0 Å². The molecule has 78 valence electrons. The molecular weight excluding hydrogens is 194 g/mol. The van der Waals surface area contributed by atoms with Gasteiger partial charge in [-0.2, -0.15) is 11.8 Å². The van der Waals surface area contributed by atoms with Crippen molar-refractivity contribution >= 4 is 11.8 Å². The summed E-state index contributed by atoms with van der Waals surface area (Å²) in [6, 6.07) is 4.73. The Hall–Kier alpha value is -0.410. The number of rotatable bonds is 4. The SMILES string of the molecule is c1coc(CCNC2CCSCC2)c1. The Labute approximate surface area is 89.4 Å². The quantitative estimate of drug-likeness (QED) is 0.827. The van der Waals surface area contributed by atoms with Crippen LogP contribution in [0.4, 0.5) is 0 Å². The van der Waals surface area contributed by atoms with Gasteiger partial charge in [-0.15, -0.1) is 0 Å². The predicted octanol–water partition coefficient (Wildman–Crippen LogP) is 2.31. The van der Waals surface area contributed by atoms with Gasteiger partial charge in [0, 0.05) is 19.0 Å². The Kier molecular flexibility index (Phi) is 3.95. The van der Waals surface area contributed by atoms with Crippen molar-refractivity contribution < 1.29 is 4.42 Å². The van der Waals surface area contributed by atoms with E-state index in [2.05, 4.69) is 17.1 Å². The third-order valence-electron chi connectivity index (χ3n) is 2.61. The molecule has 0 saturated carbocycles. The first-order valence-electron chi connectivity index (χ1n) is 5.28. The van der Waals surface area contributed by atoms with E-state index < -0.39 is 0 Å². The van der Waals surface area contributed by atoms with E-state index in [0.29, 0.717) is 0 Å². The van der Waals surface area contributed by atoms with Crippen LogP contribution in [0.1, 0.15) is 18.6 Å². The van der Waals surface area contributed by atoms with E-state index in [4.69, 9.17) is 4.42 Å².